The van der Waals surface area contributed by atoms with E-state index in [9.17, 15) is 23.2 Å². The van der Waals surface area contributed by atoms with Gasteiger partial charge in [-0.05, 0) is 85.0 Å². The number of nitrogens with zero attached hydrogens (tertiary/aromatic N) is 6. The summed E-state index contributed by atoms with van der Waals surface area (Å²) in [6.45, 7) is 2.09. The number of halogens is 3. The topological polar surface area (TPSA) is 78.1 Å². The smallest absolute Gasteiger partial charge is 0.321 e. The van der Waals surface area contributed by atoms with Crippen LogP contribution >= 0.6 is 0 Å². The van der Waals surface area contributed by atoms with Crippen molar-refractivity contribution in [2.45, 2.75) is 63.2 Å². The molecule has 1 aromatic heterocycles. The van der Waals surface area contributed by atoms with Crippen molar-refractivity contribution in [3.63, 3.8) is 0 Å². The number of anilines is 1. The number of aryl methyl sites for hydroxylation is 1. The molecule has 2 aliphatic carbocycles. The van der Waals surface area contributed by atoms with Crippen molar-refractivity contribution in [3.05, 3.63) is 76.4 Å². The van der Waals surface area contributed by atoms with Gasteiger partial charge in [0.15, 0.2) is 0 Å². The van der Waals surface area contributed by atoms with Gasteiger partial charge in [0, 0.05) is 49.1 Å². The third-order valence-electron chi connectivity index (χ3n) is 9.82. The normalized spacial score (nSPS) is 24.9. The number of alkyl halides is 3. The molecule has 1 saturated heterocycles. The van der Waals surface area contributed by atoms with Crippen LogP contribution in [0.2, 0.25) is 0 Å². The average molecular weight is 561 g/mol. The van der Waals surface area contributed by atoms with Crippen LogP contribution in [-0.4, -0.2) is 38.7 Å². The van der Waals surface area contributed by atoms with Crippen molar-refractivity contribution in [1.29, 1.82) is 5.26 Å². The molecule has 3 fully saturated rings. The first-order chi connectivity index (χ1) is 19.6. The molecule has 1 spiro atoms. The van der Waals surface area contributed by atoms with Crippen LogP contribution < -0.4 is 4.90 Å². The van der Waals surface area contributed by atoms with Crippen LogP contribution in [0, 0.1) is 22.7 Å². The third kappa shape index (κ3) is 4.51. The molecular formula is C31H31F3N6O. The quantitative estimate of drug-likeness (QED) is 0.404. The largest absolute Gasteiger partial charge is 0.416 e. The molecule has 0 atom stereocenters. The van der Waals surface area contributed by atoms with E-state index in [1.165, 1.54) is 23.8 Å². The average Bonchev–Trinajstić information content (AvgIpc) is 3.19. The zero-order valence-electron chi connectivity index (χ0n) is 22.9. The third-order valence-corrected chi connectivity index (χ3v) is 9.82. The van der Waals surface area contributed by atoms with Gasteiger partial charge in [-0.25, -0.2) is 0 Å². The van der Waals surface area contributed by atoms with Crippen LogP contribution in [0.1, 0.15) is 70.5 Å². The Hall–Kier alpha value is -3.71. The number of carbonyl (C=O) groups is 1. The van der Waals surface area contributed by atoms with Gasteiger partial charge in [-0.2, -0.15) is 18.4 Å². The van der Waals surface area contributed by atoms with Crippen LogP contribution in [0.4, 0.5) is 18.9 Å². The summed E-state index contributed by atoms with van der Waals surface area (Å²) < 4.78 is 44.8. The van der Waals surface area contributed by atoms with Gasteiger partial charge in [-0.15, -0.1) is 10.2 Å². The molecule has 1 amide bonds. The molecule has 10 heteroatoms. The fourth-order valence-electron chi connectivity index (χ4n) is 7.26. The predicted octanol–water partition coefficient (Wildman–Crippen LogP) is 5.39. The summed E-state index contributed by atoms with van der Waals surface area (Å²) in [5.74, 6) is 0.308. The zero-order chi connectivity index (χ0) is 28.6. The fraction of sp³-hybridized carbons (Fsp3) is 0.484. The summed E-state index contributed by atoms with van der Waals surface area (Å²) in [4.78, 5) is 17.4. The van der Waals surface area contributed by atoms with Crippen molar-refractivity contribution in [3.8, 4) is 6.07 Å². The van der Waals surface area contributed by atoms with Crippen LogP contribution in [0.5, 0.6) is 0 Å². The molecule has 0 N–H and O–H groups in total. The molecule has 7 rings (SSSR count). The lowest BCUT2D eigenvalue weighted by molar-refractivity contribution is -0.138. The Morgan fingerprint density at radius 3 is 2.61 bits per heavy atom. The van der Waals surface area contributed by atoms with E-state index in [1.807, 2.05) is 29.8 Å². The lowest BCUT2D eigenvalue weighted by Gasteiger charge is -2.45. The van der Waals surface area contributed by atoms with Crippen LogP contribution in [0.25, 0.3) is 0 Å². The van der Waals surface area contributed by atoms with Gasteiger partial charge < -0.3 is 9.47 Å². The molecule has 0 unspecified atom stereocenters. The van der Waals surface area contributed by atoms with Gasteiger partial charge >= 0.3 is 6.18 Å². The predicted molar refractivity (Wildman–Crippen MR) is 145 cm³/mol. The van der Waals surface area contributed by atoms with Gasteiger partial charge in [0.05, 0.1) is 18.2 Å². The first-order valence-electron chi connectivity index (χ1n) is 14.2. The Morgan fingerprint density at radius 2 is 1.95 bits per heavy atom. The second-order valence-corrected chi connectivity index (χ2v) is 12.6. The molecule has 2 aliphatic heterocycles. The number of aromatic nitrogens is 3. The molecule has 2 aromatic carbocycles. The minimum atomic E-state index is -4.56. The van der Waals surface area contributed by atoms with E-state index in [4.69, 9.17) is 0 Å². The number of nitriles is 1. The van der Waals surface area contributed by atoms with Gasteiger partial charge in [0.1, 0.15) is 12.2 Å². The summed E-state index contributed by atoms with van der Waals surface area (Å²) in [6.07, 6.45) is 2.45. The van der Waals surface area contributed by atoms with E-state index in [0.717, 1.165) is 30.9 Å². The summed E-state index contributed by atoms with van der Waals surface area (Å²) in [6, 6.07) is 12.8. The molecule has 0 bridgehead atoms. The Labute approximate surface area is 236 Å². The Morgan fingerprint density at radius 1 is 1.15 bits per heavy atom. The van der Waals surface area contributed by atoms with Crippen LogP contribution in [-0.2, 0) is 38.1 Å². The number of hydrogen-bond donors (Lipinski definition) is 0. The summed E-state index contributed by atoms with van der Waals surface area (Å²) in [5.41, 5.74) is 1.54. The Bertz CT molecular complexity index is 1580. The maximum atomic E-state index is 14.3. The second kappa shape index (κ2) is 9.15. The highest BCUT2D eigenvalue weighted by atomic mass is 19.4. The van der Waals surface area contributed by atoms with Crippen molar-refractivity contribution >= 4 is 11.6 Å². The molecule has 41 heavy (non-hydrogen) atoms. The fourth-order valence-corrected chi connectivity index (χ4v) is 7.26. The van der Waals surface area contributed by atoms with Gasteiger partial charge in [-0.1, -0.05) is 12.1 Å². The van der Waals surface area contributed by atoms with E-state index in [0.29, 0.717) is 42.5 Å². The number of amides is 1. The highest BCUT2D eigenvalue weighted by Gasteiger charge is 2.49. The molecule has 212 valence electrons. The molecule has 3 heterocycles. The van der Waals surface area contributed by atoms with E-state index in [-0.39, 0.29) is 29.0 Å². The number of hydrogen-bond acceptors (Lipinski definition) is 5. The SMILES string of the molecule is Cn1cnnc1CC1(c2cccc(N3Cc4c(cc(CN5CCC6(CC6)C5)cc4C(F)(F)F)C3=O)c2)CC(C#N)C1. The molecule has 4 aliphatic rings. The number of benzene rings is 2. The zero-order valence-corrected chi connectivity index (χ0v) is 22.9. The van der Waals surface area contributed by atoms with E-state index in [1.54, 1.807) is 18.5 Å². The summed E-state index contributed by atoms with van der Waals surface area (Å²) in [5, 5.41) is 17.7. The molecule has 3 aromatic rings. The maximum Gasteiger partial charge on any atom is 0.416 e. The van der Waals surface area contributed by atoms with E-state index >= 15 is 0 Å². The minimum Gasteiger partial charge on any atom is -0.321 e. The standard InChI is InChI=1S/C31H31F3N6O/c1-38-19-36-37-27(38)14-30(12-21(13-30)15-35)22-3-2-4-23(11-22)40-17-25-24(28(40)41)9-20(10-26(25)31(32,33)34)16-39-8-7-29(18-39)5-6-29/h2-4,9-11,19,21H,5-8,12-14,16-18H2,1H3. The number of rotatable bonds is 6. The highest BCUT2D eigenvalue weighted by Crippen LogP contribution is 2.53. The van der Waals surface area contributed by atoms with Crippen molar-refractivity contribution in [1.82, 2.24) is 19.7 Å². The lowest BCUT2D eigenvalue weighted by Crippen LogP contribution is -2.43. The first-order valence-corrected chi connectivity index (χ1v) is 14.2. The summed E-state index contributed by atoms with van der Waals surface area (Å²) in [7, 11) is 1.88. The van der Waals surface area contributed by atoms with E-state index in [2.05, 4.69) is 21.2 Å². The number of fused-ring (bicyclic) bond motifs is 1. The Kier molecular flexibility index (Phi) is 5.85. The van der Waals surface area contributed by atoms with Crippen LogP contribution in [0.3, 0.4) is 0 Å². The van der Waals surface area contributed by atoms with E-state index < -0.39 is 17.6 Å². The second-order valence-electron chi connectivity index (χ2n) is 12.6. The molecule has 7 nitrogen and oxygen atoms in total. The van der Waals surface area contributed by atoms with Crippen molar-refractivity contribution < 1.29 is 18.0 Å². The first kappa shape index (κ1) is 26.2. The number of carbonyl (C=O) groups excluding carboxylic acids is 1. The highest BCUT2D eigenvalue weighted by molar-refractivity contribution is 6.10. The molecular weight excluding hydrogens is 529 g/mol. The van der Waals surface area contributed by atoms with Crippen LogP contribution in [0.15, 0.2) is 42.7 Å². The Balaban J connectivity index is 1.20. The van der Waals surface area contributed by atoms with Gasteiger partial charge in [-0.3, -0.25) is 9.69 Å². The van der Waals surface area contributed by atoms with Crippen molar-refractivity contribution in [2.75, 3.05) is 18.0 Å². The molecule has 0 radical (unpaired) electrons. The minimum absolute atomic E-state index is 0.0405. The summed E-state index contributed by atoms with van der Waals surface area (Å²) >= 11 is 0. The van der Waals surface area contributed by atoms with Crippen molar-refractivity contribution in [2.24, 2.45) is 18.4 Å². The monoisotopic (exact) mass is 560 g/mol. The lowest BCUT2D eigenvalue weighted by atomic mass is 9.57. The molecule has 2 saturated carbocycles. The number of likely N-dealkylation sites (tertiary alicyclic amines) is 1. The maximum absolute atomic E-state index is 14.3. The van der Waals surface area contributed by atoms with Gasteiger partial charge in [0.25, 0.3) is 5.91 Å². The van der Waals surface area contributed by atoms with Gasteiger partial charge in [0.2, 0.25) is 0 Å².